The number of rotatable bonds is 3. The van der Waals surface area contributed by atoms with Gasteiger partial charge in [0.1, 0.15) is 5.75 Å². The average Bonchev–Trinajstić information content (AvgIpc) is 3.14. The van der Waals surface area contributed by atoms with Gasteiger partial charge in [-0.25, -0.2) is 0 Å². The smallest absolute Gasteiger partial charge is 0.122 e. The van der Waals surface area contributed by atoms with E-state index in [9.17, 15) is 5.11 Å². The number of phenolic OH excluding ortho intramolecular Hbond substituents is 1. The van der Waals surface area contributed by atoms with Gasteiger partial charge >= 0.3 is 0 Å². The van der Waals surface area contributed by atoms with Crippen LogP contribution < -0.4 is 0 Å². The molecule has 1 aliphatic rings. The zero-order valence-corrected chi connectivity index (χ0v) is 11.8. The third-order valence-corrected chi connectivity index (χ3v) is 3.54. The number of hydrogen-bond donors (Lipinski definition) is 1. The van der Waals surface area contributed by atoms with Gasteiger partial charge in [-0.15, -0.1) is 0 Å². The predicted octanol–water partition coefficient (Wildman–Crippen LogP) is 5.06. The van der Waals surface area contributed by atoms with Gasteiger partial charge in [0.25, 0.3) is 0 Å². The Morgan fingerprint density at radius 2 is 1.59 bits per heavy atom. The molecule has 0 bridgehead atoms. The first-order valence-electron chi connectivity index (χ1n) is 6.93. The molecule has 0 saturated heterocycles. The van der Waals surface area contributed by atoms with Crippen LogP contribution in [0.2, 0.25) is 0 Å². The summed E-state index contributed by atoms with van der Waals surface area (Å²) >= 11 is 0. The fourth-order valence-corrected chi connectivity index (χ4v) is 2.26. The molecule has 1 nitrogen and oxygen atoms in total. The maximum absolute atomic E-state index is 10.2. The molecule has 0 amide bonds. The van der Waals surface area contributed by atoms with Crippen LogP contribution in [0, 0.1) is 5.92 Å². The van der Waals surface area contributed by atoms with E-state index in [4.69, 9.17) is 0 Å². The van der Waals surface area contributed by atoms with Crippen LogP contribution in [-0.4, -0.2) is 5.11 Å². The Hall–Kier alpha value is -0.980. The molecule has 0 spiro atoms. The molecule has 0 heterocycles. The summed E-state index contributed by atoms with van der Waals surface area (Å²) in [5.74, 6) is 2.25. The first kappa shape index (κ1) is 14.1. The molecule has 1 N–H and O–H groups in total. The van der Waals surface area contributed by atoms with Crippen LogP contribution in [0.15, 0.2) is 18.2 Å². The largest absolute Gasteiger partial charge is 0.507 e. The highest BCUT2D eigenvalue weighted by Gasteiger charge is 2.30. The highest BCUT2D eigenvalue weighted by atomic mass is 16.3. The van der Waals surface area contributed by atoms with E-state index in [0.717, 1.165) is 17.0 Å². The maximum atomic E-state index is 10.2. The van der Waals surface area contributed by atoms with Crippen molar-refractivity contribution < 1.29 is 5.11 Å². The molecule has 1 aromatic carbocycles. The number of phenols is 1. The van der Waals surface area contributed by atoms with Crippen molar-refractivity contribution in [2.45, 2.75) is 59.3 Å². The van der Waals surface area contributed by atoms with Crippen molar-refractivity contribution >= 4 is 0 Å². The van der Waals surface area contributed by atoms with E-state index in [1.54, 1.807) is 0 Å². The summed E-state index contributed by atoms with van der Waals surface area (Å²) in [6.45, 7) is 10.5. The quantitative estimate of drug-likeness (QED) is 0.775. The van der Waals surface area contributed by atoms with Gasteiger partial charge in [-0.1, -0.05) is 52.8 Å². The molecule has 1 heteroatoms. The minimum atomic E-state index is 0.399. The lowest BCUT2D eigenvalue weighted by molar-refractivity contribution is 0.448. The summed E-state index contributed by atoms with van der Waals surface area (Å²) in [5, 5.41) is 10.2. The second kappa shape index (κ2) is 6.09. The zero-order chi connectivity index (χ0) is 13.0. The van der Waals surface area contributed by atoms with Crippen LogP contribution in [-0.2, 0) is 0 Å². The lowest BCUT2D eigenvalue weighted by Crippen LogP contribution is -1.99. The van der Waals surface area contributed by atoms with Crippen molar-refractivity contribution in [1.29, 1.82) is 0 Å². The highest BCUT2D eigenvalue weighted by molar-refractivity contribution is 5.44. The molecule has 1 aromatic rings. The van der Waals surface area contributed by atoms with Crippen LogP contribution in [0.4, 0.5) is 0 Å². The summed E-state index contributed by atoms with van der Waals surface area (Å²) in [6.07, 6.45) is 2.65. The fraction of sp³-hybridized carbons (Fsp3) is 0.625. The van der Waals surface area contributed by atoms with E-state index < -0.39 is 0 Å². The molecule has 1 fully saturated rings. The first-order chi connectivity index (χ1) is 8.11. The molecule has 2 rings (SSSR count). The van der Waals surface area contributed by atoms with Gasteiger partial charge in [-0.2, -0.15) is 0 Å². The van der Waals surface area contributed by atoms with Gasteiger partial charge in [0.2, 0.25) is 0 Å². The van der Waals surface area contributed by atoms with Crippen LogP contribution in [0.5, 0.6) is 5.75 Å². The Labute approximate surface area is 106 Å². The van der Waals surface area contributed by atoms with Gasteiger partial charge in [0, 0.05) is 0 Å². The van der Waals surface area contributed by atoms with Crippen molar-refractivity contribution in [3.63, 3.8) is 0 Å². The monoisotopic (exact) mass is 234 g/mol. The Morgan fingerprint density at radius 1 is 1.06 bits per heavy atom. The summed E-state index contributed by atoms with van der Waals surface area (Å²) < 4.78 is 0. The molecule has 0 aliphatic heterocycles. The van der Waals surface area contributed by atoms with Crippen LogP contribution in [0.25, 0.3) is 0 Å². The van der Waals surface area contributed by atoms with E-state index in [0.29, 0.717) is 17.6 Å². The van der Waals surface area contributed by atoms with Gasteiger partial charge < -0.3 is 5.11 Å². The van der Waals surface area contributed by atoms with Gasteiger partial charge in [0.05, 0.1) is 0 Å². The molecule has 1 unspecified atom stereocenters. The van der Waals surface area contributed by atoms with Crippen molar-refractivity contribution in [2.24, 2.45) is 5.92 Å². The van der Waals surface area contributed by atoms with E-state index in [2.05, 4.69) is 32.9 Å². The second-order valence-electron chi connectivity index (χ2n) is 5.07. The first-order valence-corrected chi connectivity index (χ1v) is 6.93. The summed E-state index contributed by atoms with van der Waals surface area (Å²) in [6, 6.07) is 6.18. The lowest BCUT2D eigenvalue weighted by atomic mass is 9.90. The predicted molar refractivity (Wildman–Crippen MR) is 74.7 cm³/mol. The number of para-hydroxylation sites is 1. The minimum absolute atomic E-state index is 0.399. The molecule has 1 atom stereocenters. The Bertz CT molecular complexity index is 351. The molecule has 1 saturated carbocycles. The Morgan fingerprint density at radius 3 is 2.06 bits per heavy atom. The number of benzene rings is 1. The average molecular weight is 234 g/mol. The molecule has 17 heavy (non-hydrogen) atoms. The van der Waals surface area contributed by atoms with Crippen molar-refractivity contribution in [2.75, 3.05) is 0 Å². The van der Waals surface area contributed by atoms with Gasteiger partial charge in [-0.3, -0.25) is 0 Å². The van der Waals surface area contributed by atoms with Gasteiger partial charge in [0.15, 0.2) is 0 Å². The number of hydrogen-bond acceptors (Lipinski definition) is 1. The Kier molecular flexibility index (Phi) is 5.04. The maximum Gasteiger partial charge on any atom is 0.122 e. The van der Waals surface area contributed by atoms with Crippen LogP contribution >= 0.6 is 0 Å². The van der Waals surface area contributed by atoms with E-state index in [1.165, 1.54) is 12.8 Å². The van der Waals surface area contributed by atoms with Gasteiger partial charge in [-0.05, 0) is 41.7 Å². The molecule has 0 radical (unpaired) electrons. The molecule has 1 aliphatic carbocycles. The molecular formula is C16H26O. The molecule has 96 valence electrons. The third kappa shape index (κ3) is 3.24. The summed E-state index contributed by atoms with van der Waals surface area (Å²) in [7, 11) is 0. The van der Waals surface area contributed by atoms with Crippen LogP contribution in [0.3, 0.4) is 0 Å². The standard InChI is InChI=1S/C14H20O.C2H6/c1-9(2)12-5-4-6-13(14(12)15)10(3)11-7-8-11;1-2/h4-6,9-11,15H,7-8H2,1-3H3;1-2H3. The second-order valence-corrected chi connectivity index (χ2v) is 5.07. The minimum Gasteiger partial charge on any atom is -0.507 e. The van der Waals surface area contributed by atoms with E-state index >= 15 is 0 Å². The van der Waals surface area contributed by atoms with Crippen molar-refractivity contribution in [1.82, 2.24) is 0 Å². The summed E-state index contributed by atoms with van der Waals surface area (Å²) in [5.41, 5.74) is 2.23. The highest BCUT2D eigenvalue weighted by Crippen LogP contribution is 2.45. The normalized spacial score (nSPS) is 16.4. The van der Waals surface area contributed by atoms with E-state index in [-0.39, 0.29) is 0 Å². The third-order valence-electron chi connectivity index (χ3n) is 3.54. The van der Waals surface area contributed by atoms with Crippen molar-refractivity contribution in [3.05, 3.63) is 29.3 Å². The topological polar surface area (TPSA) is 20.2 Å². The molecular weight excluding hydrogens is 208 g/mol. The van der Waals surface area contributed by atoms with E-state index in [1.807, 2.05) is 19.9 Å². The Balaban J connectivity index is 0.000000686. The molecule has 0 aromatic heterocycles. The lowest BCUT2D eigenvalue weighted by Gasteiger charge is -2.16. The zero-order valence-electron chi connectivity index (χ0n) is 11.8. The number of aromatic hydroxyl groups is 1. The van der Waals surface area contributed by atoms with Crippen LogP contribution in [0.1, 0.15) is 70.4 Å². The summed E-state index contributed by atoms with van der Waals surface area (Å²) in [4.78, 5) is 0. The van der Waals surface area contributed by atoms with Crippen molar-refractivity contribution in [3.8, 4) is 5.75 Å². The fourth-order valence-electron chi connectivity index (χ4n) is 2.26. The SMILES string of the molecule is CC.CC(C)c1cccc(C(C)C2CC2)c1O.